The highest BCUT2D eigenvalue weighted by Gasteiger charge is 2.13. The summed E-state index contributed by atoms with van der Waals surface area (Å²) in [6.07, 6.45) is 2.13. The number of nitrogens with one attached hydrogen (secondary N) is 1. The van der Waals surface area contributed by atoms with Crippen LogP contribution >= 0.6 is 11.3 Å². The summed E-state index contributed by atoms with van der Waals surface area (Å²) in [5, 5.41) is 8.81. The van der Waals surface area contributed by atoms with E-state index in [1.807, 2.05) is 5.38 Å². The van der Waals surface area contributed by atoms with Crippen LogP contribution in [0.25, 0.3) is 4.96 Å². The first-order valence-electron chi connectivity index (χ1n) is 7.45. The van der Waals surface area contributed by atoms with Gasteiger partial charge in [0.1, 0.15) is 12.1 Å². The number of rotatable bonds is 7. The Morgan fingerprint density at radius 2 is 2.08 bits per heavy atom. The molecular weight excluding hydrogens is 331 g/mol. The van der Waals surface area contributed by atoms with Crippen LogP contribution in [0.5, 0.6) is 0 Å². The number of fused-ring (bicyclic) bond motifs is 1. The Kier molecular flexibility index (Phi) is 4.95. The van der Waals surface area contributed by atoms with E-state index in [2.05, 4.69) is 15.4 Å². The maximum absolute atomic E-state index is 13.5. The maximum Gasteiger partial charge on any atom is 0.220 e. The Hall–Kier alpha value is -2.61. The summed E-state index contributed by atoms with van der Waals surface area (Å²) in [4.78, 5) is 28.6. The van der Waals surface area contributed by atoms with E-state index in [1.54, 1.807) is 10.6 Å². The van der Waals surface area contributed by atoms with Crippen molar-refractivity contribution in [1.29, 1.82) is 0 Å². The lowest BCUT2D eigenvalue weighted by Gasteiger charge is -2.05. The third-order valence-corrected chi connectivity index (χ3v) is 4.42. The molecule has 1 amide bonds. The summed E-state index contributed by atoms with van der Waals surface area (Å²) < 4.78 is 15.2. The van der Waals surface area contributed by atoms with Gasteiger partial charge in [-0.25, -0.2) is 13.9 Å². The Morgan fingerprint density at radius 1 is 1.25 bits per heavy atom. The van der Waals surface area contributed by atoms with Crippen molar-refractivity contribution in [1.82, 2.24) is 19.9 Å². The molecule has 0 atom stereocenters. The largest absolute Gasteiger partial charge is 0.356 e. The molecule has 3 rings (SSSR count). The summed E-state index contributed by atoms with van der Waals surface area (Å²) in [5.41, 5.74) is 0.993. The molecule has 0 saturated heterocycles. The molecule has 0 unspecified atom stereocenters. The summed E-state index contributed by atoms with van der Waals surface area (Å²) in [5.74, 6) is -1.16. The molecule has 0 radical (unpaired) electrons. The SMILES string of the molecule is O=C(CCC(=O)c1ccccc1F)NCCc1csc2ncnn12. The maximum atomic E-state index is 13.5. The number of ketones is 1. The molecule has 2 heterocycles. The van der Waals surface area contributed by atoms with Gasteiger partial charge in [0.25, 0.3) is 0 Å². The Bertz CT molecular complexity index is 874. The van der Waals surface area contributed by atoms with Crippen LogP contribution in [0.15, 0.2) is 36.0 Å². The van der Waals surface area contributed by atoms with Gasteiger partial charge in [0.05, 0.1) is 11.3 Å². The Labute approximate surface area is 141 Å². The number of carbonyl (C=O) groups is 2. The minimum absolute atomic E-state index is 0.0153. The van der Waals surface area contributed by atoms with E-state index < -0.39 is 5.82 Å². The van der Waals surface area contributed by atoms with Crippen LogP contribution in [0, 0.1) is 5.82 Å². The van der Waals surface area contributed by atoms with E-state index in [0.717, 1.165) is 10.7 Å². The topological polar surface area (TPSA) is 76.4 Å². The van der Waals surface area contributed by atoms with E-state index in [1.165, 1.54) is 35.9 Å². The van der Waals surface area contributed by atoms with Gasteiger partial charge < -0.3 is 5.32 Å². The second-order valence-electron chi connectivity index (χ2n) is 5.18. The number of hydrogen-bond donors (Lipinski definition) is 1. The molecule has 8 heteroatoms. The fourth-order valence-corrected chi connectivity index (χ4v) is 3.14. The molecule has 2 aromatic heterocycles. The number of hydrogen-bond acceptors (Lipinski definition) is 5. The standard InChI is InChI=1S/C16H15FN4O2S/c17-13-4-2-1-3-12(13)14(22)5-6-15(23)18-8-7-11-9-24-16-19-10-20-21(11)16/h1-4,9-10H,5-8H2,(H,18,23). The molecule has 124 valence electrons. The van der Waals surface area contributed by atoms with E-state index in [4.69, 9.17) is 0 Å². The van der Waals surface area contributed by atoms with Crippen LogP contribution < -0.4 is 5.32 Å². The van der Waals surface area contributed by atoms with Crippen molar-refractivity contribution < 1.29 is 14.0 Å². The minimum Gasteiger partial charge on any atom is -0.356 e. The number of Topliss-reactive ketones (excluding diaryl/α,β-unsaturated/α-hetero) is 1. The molecule has 1 N–H and O–H groups in total. The second-order valence-corrected chi connectivity index (χ2v) is 6.02. The first kappa shape index (κ1) is 16.3. The monoisotopic (exact) mass is 346 g/mol. The van der Waals surface area contributed by atoms with Crippen LogP contribution in [0.4, 0.5) is 4.39 Å². The quantitative estimate of drug-likeness (QED) is 0.666. The van der Waals surface area contributed by atoms with Gasteiger partial charge in [-0.3, -0.25) is 9.59 Å². The van der Waals surface area contributed by atoms with Crippen LogP contribution in [0.3, 0.4) is 0 Å². The normalized spacial score (nSPS) is 10.9. The van der Waals surface area contributed by atoms with Crippen molar-refractivity contribution >= 4 is 28.0 Å². The molecule has 0 bridgehead atoms. The molecule has 0 saturated carbocycles. The third kappa shape index (κ3) is 3.65. The van der Waals surface area contributed by atoms with Crippen molar-refractivity contribution in [3.05, 3.63) is 53.0 Å². The van der Waals surface area contributed by atoms with Crippen LogP contribution in [0.2, 0.25) is 0 Å². The summed E-state index contributed by atoms with van der Waals surface area (Å²) in [6, 6.07) is 5.78. The smallest absolute Gasteiger partial charge is 0.220 e. The lowest BCUT2D eigenvalue weighted by Crippen LogP contribution is -2.26. The zero-order chi connectivity index (χ0) is 16.9. The van der Waals surface area contributed by atoms with E-state index in [9.17, 15) is 14.0 Å². The third-order valence-electron chi connectivity index (χ3n) is 3.55. The highest BCUT2D eigenvalue weighted by atomic mass is 32.1. The predicted octanol–water partition coefficient (Wildman–Crippen LogP) is 2.25. The van der Waals surface area contributed by atoms with Crippen molar-refractivity contribution in [3.63, 3.8) is 0 Å². The Balaban J connectivity index is 1.44. The van der Waals surface area contributed by atoms with E-state index in [0.29, 0.717) is 13.0 Å². The van der Waals surface area contributed by atoms with Crippen LogP contribution in [-0.2, 0) is 11.2 Å². The van der Waals surface area contributed by atoms with Crippen LogP contribution in [-0.4, -0.2) is 32.8 Å². The fourth-order valence-electron chi connectivity index (χ4n) is 2.31. The van der Waals surface area contributed by atoms with Gasteiger partial charge in [-0.2, -0.15) is 5.10 Å². The highest BCUT2D eigenvalue weighted by molar-refractivity contribution is 7.15. The number of thiazole rings is 1. The van der Waals surface area contributed by atoms with Gasteiger partial charge in [0, 0.05) is 31.2 Å². The highest BCUT2D eigenvalue weighted by Crippen LogP contribution is 2.13. The number of carbonyl (C=O) groups excluding carboxylic acids is 2. The van der Waals surface area contributed by atoms with Gasteiger partial charge in [0.15, 0.2) is 5.78 Å². The molecule has 0 aliphatic heterocycles. The Morgan fingerprint density at radius 3 is 2.92 bits per heavy atom. The number of aromatic nitrogens is 3. The van der Waals surface area contributed by atoms with Crippen LogP contribution in [0.1, 0.15) is 28.9 Å². The van der Waals surface area contributed by atoms with Gasteiger partial charge in [-0.15, -0.1) is 11.3 Å². The van der Waals surface area contributed by atoms with Gasteiger partial charge in [-0.05, 0) is 12.1 Å². The number of benzene rings is 1. The van der Waals surface area contributed by atoms with Crippen molar-refractivity contribution in [3.8, 4) is 0 Å². The van der Waals surface area contributed by atoms with Crippen molar-refractivity contribution in [2.45, 2.75) is 19.3 Å². The van der Waals surface area contributed by atoms with Gasteiger partial charge >= 0.3 is 0 Å². The molecule has 24 heavy (non-hydrogen) atoms. The lowest BCUT2D eigenvalue weighted by atomic mass is 10.1. The van der Waals surface area contributed by atoms with Gasteiger partial charge in [-0.1, -0.05) is 12.1 Å². The van der Waals surface area contributed by atoms with Crippen molar-refractivity contribution in [2.24, 2.45) is 0 Å². The van der Waals surface area contributed by atoms with Crippen molar-refractivity contribution in [2.75, 3.05) is 6.54 Å². The average molecular weight is 346 g/mol. The number of amides is 1. The first-order chi connectivity index (χ1) is 11.6. The molecular formula is C16H15FN4O2S. The van der Waals surface area contributed by atoms with Gasteiger partial charge in [0.2, 0.25) is 10.9 Å². The average Bonchev–Trinajstić information content (AvgIpc) is 3.18. The summed E-state index contributed by atoms with van der Waals surface area (Å²) in [7, 11) is 0. The minimum atomic E-state index is -0.558. The fraction of sp³-hybridized carbons (Fsp3) is 0.250. The number of nitrogens with zero attached hydrogens (tertiary/aromatic N) is 3. The zero-order valence-corrected chi connectivity index (χ0v) is 13.6. The molecule has 6 nitrogen and oxygen atoms in total. The summed E-state index contributed by atoms with van der Waals surface area (Å²) >= 11 is 1.49. The zero-order valence-electron chi connectivity index (χ0n) is 12.7. The van der Waals surface area contributed by atoms with E-state index in [-0.39, 0.29) is 30.1 Å². The molecule has 3 aromatic rings. The molecule has 1 aromatic carbocycles. The molecule has 0 fully saturated rings. The lowest BCUT2D eigenvalue weighted by molar-refractivity contribution is -0.121. The molecule has 0 aliphatic carbocycles. The first-order valence-corrected chi connectivity index (χ1v) is 8.33. The summed E-state index contributed by atoms with van der Waals surface area (Å²) in [6.45, 7) is 0.443. The molecule has 0 aliphatic rings. The van der Waals surface area contributed by atoms with E-state index >= 15 is 0 Å². The predicted molar refractivity (Wildman–Crippen MR) is 87.5 cm³/mol. The second kappa shape index (κ2) is 7.31. The molecule has 0 spiro atoms. The number of halogens is 1.